The largest absolute Gasteiger partial charge is 0.324 e. The Morgan fingerprint density at radius 3 is 2.74 bits per heavy atom. The second-order valence-corrected chi connectivity index (χ2v) is 7.93. The molecule has 142 valence electrons. The number of nitro groups is 1. The topological polar surface area (TPSA) is 75.5 Å². The van der Waals surface area contributed by atoms with Crippen molar-refractivity contribution in [3.8, 4) is 0 Å². The zero-order chi connectivity index (χ0) is 19.4. The Bertz CT molecular complexity index is 845. The molecule has 0 saturated carbocycles. The molecule has 1 atom stereocenters. The van der Waals surface area contributed by atoms with Crippen molar-refractivity contribution in [1.29, 1.82) is 0 Å². The van der Waals surface area contributed by atoms with Gasteiger partial charge in [0.25, 0.3) is 5.69 Å². The van der Waals surface area contributed by atoms with Crippen LogP contribution in [0.4, 0.5) is 11.4 Å². The number of benzene rings is 2. The molecule has 6 nitrogen and oxygen atoms in total. The van der Waals surface area contributed by atoms with Crippen molar-refractivity contribution in [2.45, 2.75) is 19.4 Å². The standard InChI is InChI=1S/C19H19BrClN3O3/c20-15-5-3-13(4-6-15)11-23-9-1-2-14(12-23)19(25)22-18-10-16(24(26)27)7-8-17(18)21/h3-8,10,14H,1-2,9,11-12H2,(H,22,25). The highest BCUT2D eigenvalue weighted by Crippen LogP contribution is 2.28. The third kappa shape index (κ3) is 5.28. The molecule has 0 radical (unpaired) electrons. The number of halogens is 2. The van der Waals surface area contributed by atoms with Gasteiger partial charge in [0.15, 0.2) is 0 Å². The first-order valence-corrected chi connectivity index (χ1v) is 9.81. The minimum Gasteiger partial charge on any atom is -0.324 e. The number of nitrogens with one attached hydrogen (secondary N) is 1. The van der Waals surface area contributed by atoms with Crippen molar-refractivity contribution in [2.75, 3.05) is 18.4 Å². The van der Waals surface area contributed by atoms with E-state index in [2.05, 4.69) is 38.3 Å². The smallest absolute Gasteiger partial charge is 0.271 e. The van der Waals surface area contributed by atoms with Crippen LogP contribution in [0.1, 0.15) is 18.4 Å². The summed E-state index contributed by atoms with van der Waals surface area (Å²) in [6.45, 7) is 2.38. The summed E-state index contributed by atoms with van der Waals surface area (Å²) in [5, 5.41) is 14.0. The van der Waals surface area contributed by atoms with Crippen LogP contribution in [0.25, 0.3) is 0 Å². The van der Waals surface area contributed by atoms with Crippen molar-refractivity contribution < 1.29 is 9.72 Å². The Labute approximate surface area is 170 Å². The van der Waals surface area contributed by atoms with Gasteiger partial charge < -0.3 is 5.32 Å². The maximum absolute atomic E-state index is 12.7. The van der Waals surface area contributed by atoms with Gasteiger partial charge >= 0.3 is 0 Å². The molecule has 3 rings (SSSR count). The molecule has 8 heteroatoms. The zero-order valence-electron chi connectivity index (χ0n) is 14.5. The Morgan fingerprint density at radius 1 is 1.30 bits per heavy atom. The average molecular weight is 453 g/mol. The van der Waals surface area contributed by atoms with E-state index >= 15 is 0 Å². The van der Waals surface area contributed by atoms with E-state index in [1.54, 1.807) is 0 Å². The number of carbonyl (C=O) groups is 1. The van der Waals surface area contributed by atoms with Crippen LogP contribution in [0.3, 0.4) is 0 Å². The zero-order valence-corrected chi connectivity index (χ0v) is 16.9. The van der Waals surface area contributed by atoms with Crippen molar-refractivity contribution >= 4 is 44.8 Å². The number of amides is 1. The second-order valence-electron chi connectivity index (χ2n) is 6.61. The lowest BCUT2D eigenvalue weighted by Gasteiger charge is -2.32. The number of likely N-dealkylation sites (tertiary alicyclic amines) is 1. The summed E-state index contributed by atoms with van der Waals surface area (Å²) in [4.78, 5) is 25.3. The molecule has 0 spiro atoms. The minimum atomic E-state index is -0.507. The van der Waals surface area contributed by atoms with Gasteiger partial charge in [0.05, 0.1) is 21.6 Å². The molecule has 1 aliphatic rings. The quantitative estimate of drug-likeness (QED) is 0.519. The van der Waals surface area contributed by atoms with E-state index in [1.165, 1.54) is 23.8 Å². The fourth-order valence-corrected chi connectivity index (χ4v) is 3.65. The number of hydrogen-bond donors (Lipinski definition) is 1. The maximum atomic E-state index is 12.7. The molecule has 1 amide bonds. The molecule has 1 aliphatic heterocycles. The molecule has 2 aromatic carbocycles. The van der Waals surface area contributed by atoms with E-state index in [0.717, 1.165) is 30.4 Å². The third-order valence-corrected chi connectivity index (χ3v) is 5.47. The number of anilines is 1. The SMILES string of the molecule is O=C(Nc1cc([N+](=O)[O-])ccc1Cl)C1CCCN(Cc2ccc(Br)cc2)C1. The van der Waals surface area contributed by atoms with E-state index < -0.39 is 4.92 Å². The molecule has 1 unspecified atom stereocenters. The molecule has 1 fully saturated rings. The normalized spacial score (nSPS) is 17.5. The predicted molar refractivity (Wildman–Crippen MR) is 109 cm³/mol. The fraction of sp³-hybridized carbons (Fsp3) is 0.316. The van der Waals surface area contributed by atoms with E-state index in [-0.39, 0.29) is 28.2 Å². The third-order valence-electron chi connectivity index (χ3n) is 4.61. The van der Waals surface area contributed by atoms with Crippen LogP contribution in [0.15, 0.2) is 46.9 Å². The maximum Gasteiger partial charge on any atom is 0.271 e. The highest BCUT2D eigenvalue weighted by Gasteiger charge is 2.26. The van der Waals surface area contributed by atoms with Gasteiger partial charge in [0.2, 0.25) is 5.91 Å². The van der Waals surface area contributed by atoms with Crippen molar-refractivity contribution in [1.82, 2.24) is 4.90 Å². The summed E-state index contributed by atoms with van der Waals surface area (Å²) >= 11 is 9.51. The molecule has 1 heterocycles. The van der Waals surface area contributed by atoms with Crippen LogP contribution in [-0.2, 0) is 11.3 Å². The summed E-state index contributed by atoms with van der Waals surface area (Å²) in [7, 11) is 0. The Hall–Kier alpha value is -1.96. The Kier molecular flexibility index (Phi) is 6.46. The van der Waals surface area contributed by atoms with Gasteiger partial charge in [-0.15, -0.1) is 0 Å². The molecule has 1 N–H and O–H groups in total. The van der Waals surface area contributed by atoms with Gasteiger partial charge in [0, 0.05) is 29.7 Å². The van der Waals surface area contributed by atoms with Crippen molar-refractivity contribution in [2.24, 2.45) is 5.92 Å². The first-order chi connectivity index (χ1) is 12.9. The Morgan fingerprint density at radius 2 is 2.04 bits per heavy atom. The summed E-state index contributed by atoms with van der Waals surface area (Å²) in [5.74, 6) is -0.331. The van der Waals surface area contributed by atoms with Gasteiger partial charge in [-0.25, -0.2) is 0 Å². The van der Waals surface area contributed by atoms with Crippen LogP contribution in [0.5, 0.6) is 0 Å². The summed E-state index contributed by atoms with van der Waals surface area (Å²) in [6, 6.07) is 12.2. The van der Waals surface area contributed by atoms with E-state index in [9.17, 15) is 14.9 Å². The summed E-state index contributed by atoms with van der Waals surface area (Å²) in [6.07, 6.45) is 1.71. The number of nitro benzene ring substituents is 1. The number of carbonyl (C=O) groups excluding carboxylic acids is 1. The summed E-state index contributed by atoms with van der Waals surface area (Å²) in [5.41, 5.74) is 1.37. The number of rotatable bonds is 5. The van der Waals surface area contributed by atoms with Gasteiger partial charge in [-0.05, 0) is 43.1 Å². The number of non-ortho nitro benzene ring substituents is 1. The van der Waals surface area contributed by atoms with E-state index in [4.69, 9.17) is 11.6 Å². The van der Waals surface area contributed by atoms with Gasteiger partial charge in [-0.1, -0.05) is 39.7 Å². The lowest BCUT2D eigenvalue weighted by Crippen LogP contribution is -2.40. The minimum absolute atomic E-state index is 0.102. The van der Waals surface area contributed by atoms with Gasteiger partial charge in [0.1, 0.15) is 0 Å². The number of piperidine rings is 1. The van der Waals surface area contributed by atoms with Crippen LogP contribution < -0.4 is 5.32 Å². The molecule has 0 bridgehead atoms. The van der Waals surface area contributed by atoms with E-state index in [1.807, 2.05) is 12.1 Å². The van der Waals surface area contributed by atoms with Crippen molar-refractivity contribution in [3.63, 3.8) is 0 Å². The van der Waals surface area contributed by atoms with Gasteiger partial charge in [-0.3, -0.25) is 19.8 Å². The van der Waals surface area contributed by atoms with E-state index in [0.29, 0.717) is 6.54 Å². The fourth-order valence-electron chi connectivity index (χ4n) is 3.22. The molecule has 0 aromatic heterocycles. The molecular weight excluding hydrogens is 434 g/mol. The molecule has 0 aliphatic carbocycles. The monoisotopic (exact) mass is 451 g/mol. The Balaban J connectivity index is 1.64. The van der Waals surface area contributed by atoms with Crippen LogP contribution in [0, 0.1) is 16.0 Å². The molecular formula is C19H19BrClN3O3. The summed E-state index contributed by atoms with van der Waals surface area (Å²) < 4.78 is 1.04. The first-order valence-electron chi connectivity index (χ1n) is 8.64. The lowest BCUT2D eigenvalue weighted by molar-refractivity contribution is -0.384. The van der Waals surface area contributed by atoms with Crippen molar-refractivity contribution in [3.05, 3.63) is 67.6 Å². The predicted octanol–water partition coefficient (Wildman–Crippen LogP) is 4.86. The first kappa shape index (κ1) is 19.8. The lowest BCUT2D eigenvalue weighted by atomic mass is 9.96. The number of nitrogens with zero attached hydrogens (tertiary/aromatic N) is 2. The average Bonchev–Trinajstić information content (AvgIpc) is 2.65. The molecule has 2 aromatic rings. The highest BCUT2D eigenvalue weighted by atomic mass is 79.9. The number of hydrogen-bond acceptors (Lipinski definition) is 4. The van der Waals surface area contributed by atoms with Gasteiger partial charge in [-0.2, -0.15) is 0 Å². The molecule has 1 saturated heterocycles. The van der Waals surface area contributed by atoms with Crippen LogP contribution in [-0.4, -0.2) is 28.8 Å². The van der Waals surface area contributed by atoms with Crippen LogP contribution in [0.2, 0.25) is 5.02 Å². The second kappa shape index (κ2) is 8.82. The molecule has 27 heavy (non-hydrogen) atoms. The highest BCUT2D eigenvalue weighted by molar-refractivity contribution is 9.10. The van der Waals surface area contributed by atoms with Crippen LogP contribution >= 0.6 is 27.5 Å².